The van der Waals surface area contributed by atoms with Crippen molar-refractivity contribution in [1.29, 1.82) is 0 Å². The predicted molar refractivity (Wildman–Crippen MR) is 415 cm³/mol. The molecule has 0 amide bonds. The molecule has 0 saturated heterocycles. The van der Waals surface area contributed by atoms with E-state index in [1.165, 1.54) is 204 Å². The normalized spacial score (nSPS) is 14.5. The van der Waals surface area contributed by atoms with Gasteiger partial charge >= 0.3 is 0 Å². The maximum atomic E-state index is 2.54. The first kappa shape index (κ1) is 57.5. The standard InChI is InChI=1S/C97H74/c1-94(2,3)63-45-38-57(39-46-63)88-70-25-10-12-27-72(70)89(73-28-13-11-26-71(73)88)61-43-50-68-66-47-40-58(52-83(66)96(6,7)86(68)55-61)59-41-48-67-69-51-44-62(56-87(69)97(8,9)84(67)53-59)91-76-31-16-20-35-80(76)93(81-36-21-17-32-77(81)91)92-78-33-18-14-29-74(78)90(75-30-15-19-34-79(75)92)60-42-49-65-64-24-22-23-37-82(64)95(4,5)85(65)54-60/h10-56H,1-9H3. The summed E-state index contributed by atoms with van der Waals surface area (Å²) >= 11 is 0. The average Bonchev–Trinajstić information content (AvgIpc) is 1.23. The van der Waals surface area contributed by atoms with Crippen LogP contribution in [0.25, 0.3) is 165 Å². The molecule has 3 aliphatic carbocycles. The Bertz CT molecular complexity index is 5940. The molecule has 3 aliphatic rings. The summed E-state index contributed by atoms with van der Waals surface area (Å²) in [5.41, 5.74) is 32.4. The first-order valence-corrected chi connectivity index (χ1v) is 34.8. The zero-order valence-electron chi connectivity index (χ0n) is 56.6. The van der Waals surface area contributed by atoms with Crippen molar-refractivity contribution in [3.8, 4) is 100 Å². The molecule has 97 heavy (non-hydrogen) atoms. The number of hydrogen-bond acceptors (Lipinski definition) is 0. The summed E-state index contributed by atoms with van der Waals surface area (Å²) in [5, 5.41) is 15.2. The summed E-state index contributed by atoms with van der Waals surface area (Å²) in [6, 6.07) is 110. The Labute approximate surface area is 569 Å². The van der Waals surface area contributed by atoms with Gasteiger partial charge < -0.3 is 0 Å². The predicted octanol–water partition coefficient (Wildman–Crippen LogP) is 26.8. The highest BCUT2D eigenvalue weighted by molar-refractivity contribution is 6.30. The Morgan fingerprint density at radius 1 is 0.186 bits per heavy atom. The minimum Gasteiger partial charge on any atom is -0.0619 e. The van der Waals surface area contributed by atoms with E-state index < -0.39 is 0 Å². The van der Waals surface area contributed by atoms with Gasteiger partial charge in [-0.05, 0) is 239 Å². The third-order valence-electron chi connectivity index (χ3n) is 23.2. The lowest BCUT2D eigenvalue weighted by atomic mass is 9.78. The molecule has 0 N–H and O–H groups in total. The minimum atomic E-state index is -0.257. The van der Waals surface area contributed by atoms with Crippen molar-refractivity contribution >= 4 is 64.6 Å². The molecule has 0 fully saturated rings. The Morgan fingerprint density at radius 2 is 0.392 bits per heavy atom. The van der Waals surface area contributed by atoms with Gasteiger partial charge in [0.1, 0.15) is 0 Å². The summed E-state index contributed by atoms with van der Waals surface area (Å²) in [6.45, 7) is 21.4. The SMILES string of the molecule is CC(C)(C)c1ccc(-c2c3ccccc3c(-c3ccc4c(c3)C(C)(C)c3cc(-c5ccc6c(c5)C(C)(C)c5cc(-c7c8ccccc8c(-c8c9ccccc9c(-c9ccc%10c(c9)C(C)(C)c9ccccc9-%10)c9ccccc89)c8ccccc78)ccc5-6)ccc3-4)c3ccccc23)cc1. The van der Waals surface area contributed by atoms with Gasteiger partial charge in [0, 0.05) is 16.2 Å². The van der Waals surface area contributed by atoms with E-state index in [1.54, 1.807) is 0 Å². The lowest BCUT2D eigenvalue weighted by Gasteiger charge is -2.25. The van der Waals surface area contributed by atoms with Crippen molar-refractivity contribution in [3.05, 3.63) is 324 Å². The fourth-order valence-electron chi connectivity index (χ4n) is 18.3. The van der Waals surface area contributed by atoms with E-state index >= 15 is 0 Å². The first-order valence-electron chi connectivity index (χ1n) is 34.8. The highest BCUT2D eigenvalue weighted by Crippen LogP contribution is 2.58. The van der Waals surface area contributed by atoms with Crippen LogP contribution in [0.2, 0.25) is 0 Å². The molecule has 0 bridgehead atoms. The Morgan fingerprint density at radius 3 is 0.680 bits per heavy atom. The molecule has 16 aromatic carbocycles. The van der Waals surface area contributed by atoms with Crippen LogP contribution < -0.4 is 0 Å². The van der Waals surface area contributed by atoms with Crippen LogP contribution in [0.5, 0.6) is 0 Å². The topological polar surface area (TPSA) is 0 Å². The second-order valence-electron chi connectivity index (χ2n) is 30.6. The highest BCUT2D eigenvalue weighted by atomic mass is 14.4. The molecule has 0 aromatic heterocycles. The number of rotatable bonds is 6. The Kier molecular flexibility index (Phi) is 12.2. The van der Waals surface area contributed by atoms with Gasteiger partial charge in [0.15, 0.2) is 0 Å². The zero-order chi connectivity index (χ0) is 65.6. The van der Waals surface area contributed by atoms with Crippen molar-refractivity contribution in [2.45, 2.75) is 84.0 Å². The molecule has 0 unspecified atom stereocenters. The molecule has 462 valence electrons. The Hall–Kier alpha value is -10.9. The van der Waals surface area contributed by atoms with Gasteiger partial charge in [-0.25, -0.2) is 0 Å². The Balaban J connectivity index is 0.685. The smallest absolute Gasteiger partial charge is 0.0159 e. The van der Waals surface area contributed by atoms with Gasteiger partial charge in [0.25, 0.3) is 0 Å². The van der Waals surface area contributed by atoms with E-state index in [0.29, 0.717) is 0 Å². The van der Waals surface area contributed by atoms with E-state index in [4.69, 9.17) is 0 Å². The van der Waals surface area contributed by atoms with Crippen LogP contribution in [0.3, 0.4) is 0 Å². The molecule has 0 nitrogen and oxygen atoms in total. The monoisotopic (exact) mass is 1240 g/mol. The quantitative estimate of drug-likeness (QED) is 0.146. The molecule has 0 heterocycles. The fraction of sp³-hybridized carbons (Fsp3) is 0.134. The van der Waals surface area contributed by atoms with E-state index in [9.17, 15) is 0 Å². The molecule has 19 rings (SSSR count). The van der Waals surface area contributed by atoms with E-state index in [1.807, 2.05) is 0 Å². The van der Waals surface area contributed by atoms with Crippen LogP contribution in [-0.2, 0) is 21.7 Å². The lowest BCUT2D eigenvalue weighted by Crippen LogP contribution is -2.15. The molecule has 0 spiro atoms. The molecule has 0 saturated carbocycles. The van der Waals surface area contributed by atoms with Crippen LogP contribution in [0, 0.1) is 0 Å². The maximum Gasteiger partial charge on any atom is 0.0159 e. The van der Waals surface area contributed by atoms with Crippen molar-refractivity contribution in [2.24, 2.45) is 0 Å². The highest BCUT2D eigenvalue weighted by Gasteiger charge is 2.40. The second-order valence-corrected chi connectivity index (χ2v) is 30.6. The van der Waals surface area contributed by atoms with Gasteiger partial charge in [-0.3, -0.25) is 0 Å². The molecule has 0 radical (unpaired) electrons. The van der Waals surface area contributed by atoms with Gasteiger partial charge in [-0.1, -0.05) is 317 Å². The summed E-state index contributed by atoms with van der Waals surface area (Å²) in [7, 11) is 0. The van der Waals surface area contributed by atoms with Crippen LogP contribution in [0.4, 0.5) is 0 Å². The molecule has 0 heteroatoms. The minimum absolute atomic E-state index is 0.0845. The number of hydrogen-bond donors (Lipinski definition) is 0. The van der Waals surface area contributed by atoms with Crippen LogP contribution in [-0.4, -0.2) is 0 Å². The van der Waals surface area contributed by atoms with Crippen LogP contribution >= 0.6 is 0 Å². The summed E-state index contributed by atoms with van der Waals surface area (Å²) in [4.78, 5) is 0. The molecule has 0 atom stereocenters. The van der Waals surface area contributed by atoms with E-state index in [2.05, 4.69) is 347 Å². The first-order chi connectivity index (χ1) is 47.0. The largest absolute Gasteiger partial charge is 0.0619 e. The number of fused-ring (bicyclic) bond motifs is 15. The zero-order valence-corrected chi connectivity index (χ0v) is 56.6. The van der Waals surface area contributed by atoms with Crippen molar-refractivity contribution in [2.75, 3.05) is 0 Å². The van der Waals surface area contributed by atoms with Crippen LogP contribution in [0.15, 0.2) is 285 Å². The number of benzene rings is 16. The molecular weight excluding hydrogens is 1170 g/mol. The van der Waals surface area contributed by atoms with E-state index in [-0.39, 0.29) is 21.7 Å². The van der Waals surface area contributed by atoms with Gasteiger partial charge in [0.05, 0.1) is 0 Å². The maximum absolute atomic E-state index is 2.54. The van der Waals surface area contributed by atoms with Crippen molar-refractivity contribution in [3.63, 3.8) is 0 Å². The van der Waals surface area contributed by atoms with E-state index in [0.717, 1.165) is 0 Å². The lowest BCUT2D eigenvalue weighted by molar-refractivity contribution is 0.590. The third-order valence-corrected chi connectivity index (χ3v) is 23.2. The van der Waals surface area contributed by atoms with Crippen molar-refractivity contribution < 1.29 is 0 Å². The molecule has 16 aromatic rings. The fourth-order valence-corrected chi connectivity index (χ4v) is 18.3. The van der Waals surface area contributed by atoms with Gasteiger partial charge in [-0.2, -0.15) is 0 Å². The third kappa shape index (κ3) is 8.23. The summed E-state index contributed by atoms with van der Waals surface area (Å²) in [5.74, 6) is 0. The summed E-state index contributed by atoms with van der Waals surface area (Å²) < 4.78 is 0. The van der Waals surface area contributed by atoms with Crippen molar-refractivity contribution in [1.82, 2.24) is 0 Å². The van der Waals surface area contributed by atoms with Gasteiger partial charge in [0.2, 0.25) is 0 Å². The molecule has 0 aliphatic heterocycles. The molecular formula is C97H74. The average molecular weight is 1240 g/mol. The summed E-state index contributed by atoms with van der Waals surface area (Å²) in [6.07, 6.45) is 0. The second kappa shape index (κ2) is 20.6. The van der Waals surface area contributed by atoms with Crippen LogP contribution in [0.1, 0.15) is 101 Å². The van der Waals surface area contributed by atoms with Gasteiger partial charge in [-0.15, -0.1) is 0 Å².